The number of carbonyl (C=O) groups excluding carboxylic acids is 1. The van der Waals surface area contributed by atoms with Crippen LogP contribution in [0.5, 0.6) is 0 Å². The second-order valence-corrected chi connectivity index (χ2v) is 11.9. The molecule has 226 valence electrons. The van der Waals surface area contributed by atoms with Gasteiger partial charge in [-0.05, 0) is 51.2 Å². The number of piperidine rings is 2. The molecule has 0 radical (unpaired) electrons. The highest BCUT2D eigenvalue weighted by Gasteiger charge is 2.47. The van der Waals surface area contributed by atoms with Crippen molar-refractivity contribution in [2.24, 2.45) is 18.9 Å². The molecule has 2 aliphatic rings. The Bertz CT molecular complexity index is 1610. The lowest BCUT2D eigenvalue weighted by molar-refractivity contribution is -0.122. The predicted molar refractivity (Wildman–Crippen MR) is 158 cm³/mol. The van der Waals surface area contributed by atoms with Crippen molar-refractivity contribution < 1.29 is 13.6 Å². The molecule has 2 N–H and O–H groups in total. The van der Waals surface area contributed by atoms with Crippen LogP contribution in [0.25, 0.3) is 11.0 Å². The average molecular weight is 605 g/mol. The fourth-order valence-corrected chi connectivity index (χ4v) is 5.81. The van der Waals surface area contributed by atoms with Crippen molar-refractivity contribution in [3.05, 3.63) is 50.1 Å². The zero-order chi connectivity index (χ0) is 30.3. The van der Waals surface area contributed by atoms with Gasteiger partial charge >= 0.3 is 11.1 Å². The molecule has 2 aliphatic heterocycles. The number of nitrogens with one attached hydrogen (secondary N) is 2. The van der Waals surface area contributed by atoms with Crippen LogP contribution in [-0.2, 0) is 18.4 Å². The number of aryl methyl sites for hydroxylation is 1. The van der Waals surface area contributed by atoms with E-state index in [4.69, 9.17) is 11.6 Å². The van der Waals surface area contributed by atoms with Crippen LogP contribution < -0.4 is 26.7 Å². The molecule has 2 fully saturated rings. The standard InChI is InChI=1S/C28H35ClF2N8O3/c1-16-13-38(14-17(2)28(16,30)31)27-32-12-20(29)24(35-27)34-19-5-6-21-22(11-19)39(26(42)25(41)37(21)4)15-23(40)33-18-7-9-36(3)10-8-18/h5-6,11-12,16-18H,7-10,13-15H2,1-4H3,(H,33,40)(H,32,34,35)/t16-,17+. The van der Waals surface area contributed by atoms with Gasteiger partial charge in [-0.2, -0.15) is 4.98 Å². The molecule has 42 heavy (non-hydrogen) atoms. The van der Waals surface area contributed by atoms with Crippen molar-refractivity contribution in [1.29, 1.82) is 0 Å². The van der Waals surface area contributed by atoms with E-state index in [0.29, 0.717) is 16.7 Å². The Hall–Kier alpha value is -3.58. The Morgan fingerprint density at radius 2 is 1.74 bits per heavy atom. The largest absolute Gasteiger partial charge is 0.352 e. The van der Waals surface area contributed by atoms with Gasteiger partial charge in [0.25, 0.3) is 5.92 Å². The lowest BCUT2D eigenvalue weighted by Crippen LogP contribution is -2.52. The first kappa shape index (κ1) is 29.9. The Morgan fingerprint density at radius 3 is 2.40 bits per heavy atom. The van der Waals surface area contributed by atoms with Crippen molar-refractivity contribution in [1.82, 2.24) is 29.3 Å². The molecular formula is C28H35ClF2N8O3. The number of hydrogen-bond donors (Lipinski definition) is 2. The Kier molecular flexibility index (Phi) is 8.26. The van der Waals surface area contributed by atoms with Crippen LogP contribution in [0, 0.1) is 11.8 Å². The van der Waals surface area contributed by atoms with Gasteiger partial charge < -0.3 is 25.0 Å². The van der Waals surface area contributed by atoms with Gasteiger partial charge in [-0.1, -0.05) is 25.4 Å². The molecule has 2 saturated heterocycles. The van der Waals surface area contributed by atoms with Gasteiger partial charge in [0.2, 0.25) is 11.9 Å². The highest BCUT2D eigenvalue weighted by Crippen LogP contribution is 2.39. The number of rotatable bonds is 6. The zero-order valence-electron chi connectivity index (χ0n) is 24.0. The minimum atomic E-state index is -2.78. The number of anilines is 3. The molecule has 1 aromatic carbocycles. The van der Waals surface area contributed by atoms with Crippen LogP contribution >= 0.6 is 11.6 Å². The van der Waals surface area contributed by atoms with E-state index in [0.717, 1.165) is 25.9 Å². The fraction of sp³-hybridized carbons (Fsp3) is 0.536. The number of benzene rings is 1. The SMILES string of the molecule is C[C@@H]1CN(c2ncc(Cl)c(Nc3ccc4c(c3)n(CC(=O)NC3CCN(C)CC3)c(=O)c(=O)n4C)n2)C[C@H](C)C1(F)F. The van der Waals surface area contributed by atoms with Crippen LogP contribution in [0.1, 0.15) is 26.7 Å². The summed E-state index contributed by atoms with van der Waals surface area (Å²) in [6.45, 7) is 4.62. The number of fused-ring (bicyclic) bond motifs is 1. The van der Waals surface area contributed by atoms with E-state index in [1.54, 1.807) is 23.1 Å². The second kappa shape index (κ2) is 11.6. The maximum atomic E-state index is 14.4. The third-order valence-corrected chi connectivity index (χ3v) is 8.60. The highest BCUT2D eigenvalue weighted by atomic mass is 35.5. The number of hydrogen-bond acceptors (Lipinski definition) is 8. The Balaban J connectivity index is 1.43. The van der Waals surface area contributed by atoms with Gasteiger partial charge in [-0.15, -0.1) is 0 Å². The Labute approximate surface area is 246 Å². The maximum Gasteiger partial charge on any atom is 0.317 e. The first-order valence-electron chi connectivity index (χ1n) is 14.0. The van der Waals surface area contributed by atoms with Crippen LogP contribution in [0.4, 0.5) is 26.2 Å². The van der Waals surface area contributed by atoms with E-state index >= 15 is 0 Å². The average Bonchev–Trinajstić information content (AvgIpc) is 2.95. The van der Waals surface area contributed by atoms with Crippen molar-refractivity contribution in [2.75, 3.05) is 43.4 Å². The van der Waals surface area contributed by atoms with Crippen LogP contribution in [0.15, 0.2) is 34.0 Å². The van der Waals surface area contributed by atoms with Gasteiger partial charge in [-0.25, -0.2) is 13.8 Å². The van der Waals surface area contributed by atoms with E-state index in [2.05, 4.69) is 25.5 Å². The van der Waals surface area contributed by atoms with Gasteiger partial charge in [0.1, 0.15) is 11.6 Å². The summed E-state index contributed by atoms with van der Waals surface area (Å²) in [6, 6.07) is 5.00. The summed E-state index contributed by atoms with van der Waals surface area (Å²) >= 11 is 6.40. The normalized spacial score (nSPS) is 21.5. The molecule has 5 rings (SSSR count). The summed E-state index contributed by atoms with van der Waals surface area (Å²) in [7, 11) is 3.53. The molecule has 0 aliphatic carbocycles. The van der Waals surface area contributed by atoms with Crippen molar-refractivity contribution in [2.45, 2.75) is 45.2 Å². The molecule has 0 spiro atoms. The lowest BCUT2D eigenvalue weighted by atomic mass is 9.87. The van der Waals surface area contributed by atoms with Crippen LogP contribution in [0.2, 0.25) is 5.02 Å². The number of alkyl halides is 2. The van der Waals surface area contributed by atoms with Crippen molar-refractivity contribution in [3.63, 3.8) is 0 Å². The topological polar surface area (TPSA) is 117 Å². The summed E-state index contributed by atoms with van der Waals surface area (Å²) in [4.78, 5) is 51.4. The highest BCUT2D eigenvalue weighted by molar-refractivity contribution is 6.32. The number of carbonyl (C=O) groups is 1. The van der Waals surface area contributed by atoms with Crippen molar-refractivity contribution in [3.8, 4) is 0 Å². The van der Waals surface area contributed by atoms with Crippen LogP contribution in [0.3, 0.4) is 0 Å². The molecule has 0 bridgehead atoms. The number of nitrogens with zero attached hydrogens (tertiary/aromatic N) is 6. The van der Waals surface area contributed by atoms with Gasteiger partial charge in [0.15, 0.2) is 5.82 Å². The van der Waals surface area contributed by atoms with E-state index < -0.39 is 28.9 Å². The van der Waals surface area contributed by atoms with Crippen molar-refractivity contribution >= 4 is 46.0 Å². The van der Waals surface area contributed by atoms with E-state index in [1.165, 1.54) is 36.2 Å². The summed E-state index contributed by atoms with van der Waals surface area (Å²) < 4.78 is 31.2. The fourth-order valence-electron chi connectivity index (χ4n) is 5.67. The molecule has 2 atom stereocenters. The molecule has 14 heteroatoms. The minimum absolute atomic E-state index is 0.00523. The van der Waals surface area contributed by atoms with E-state index in [9.17, 15) is 23.2 Å². The summed E-state index contributed by atoms with van der Waals surface area (Å²) in [5.41, 5.74) is -0.230. The van der Waals surface area contributed by atoms with Crippen LogP contribution in [-0.4, -0.2) is 75.1 Å². The smallest absolute Gasteiger partial charge is 0.317 e. The lowest BCUT2D eigenvalue weighted by Gasteiger charge is -2.41. The molecule has 3 aromatic rings. The molecule has 0 saturated carbocycles. The molecule has 11 nitrogen and oxygen atoms in total. The quantitative estimate of drug-likeness (QED) is 0.413. The minimum Gasteiger partial charge on any atom is -0.352 e. The number of likely N-dealkylation sites (tertiary alicyclic amines) is 1. The first-order valence-corrected chi connectivity index (χ1v) is 14.4. The number of aromatic nitrogens is 4. The summed E-state index contributed by atoms with van der Waals surface area (Å²) in [5, 5.41) is 6.32. The van der Waals surface area contributed by atoms with Gasteiger partial charge in [0, 0.05) is 43.7 Å². The van der Waals surface area contributed by atoms with Gasteiger partial charge in [-0.3, -0.25) is 19.0 Å². The maximum absolute atomic E-state index is 14.4. The number of amides is 1. The molecule has 0 unspecified atom stereocenters. The third-order valence-electron chi connectivity index (χ3n) is 8.33. The number of halogens is 3. The first-order chi connectivity index (χ1) is 19.8. The Morgan fingerprint density at radius 1 is 1.07 bits per heavy atom. The van der Waals surface area contributed by atoms with E-state index in [1.807, 2.05) is 7.05 Å². The zero-order valence-corrected chi connectivity index (χ0v) is 24.8. The monoisotopic (exact) mass is 604 g/mol. The molecular weight excluding hydrogens is 570 g/mol. The predicted octanol–water partition coefficient (Wildman–Crippen LogP) is 2.83. The third kappa shape index (κ3) is 5.84. The molecule has 2 aromatic heterocycles. The molecule has 4 heterocycles. The summed E-state index contributed by atoms with van der Waals surface area (Å²) in [5.74, 6) is -4.37. The summed E-state index contributed by atoms with van der Waals surface area (Å²) in [6.07, 6.45) is 3.02. The van der Waals surface area contributed by atoms with Gasteiger partial charge in [0.05, 0.1) is 17.2 Å². The second-order valence-electron chi connectivity index (χ2n) is 11.5. The van der Waals surface area contributed by atoms with E-state index in [-0.39, 0.29) is 48.4 Å². The molecule has 1 amide bonds.